The minimum absolute atomic E-state index is 0. The van der Waals surface area contributed by atoms with Crippen molar-refractivity contribution in [3.8, 4) is 0 Å². The first-order valence-electron chi connectivity index (χ1n) is 6.31. The Balaban J connectivity index is -0.000000352. The Bertz CT molecular complexity index is 255. The van der Waals surface area contributed by atoms with Gasteiger partial charge in [-0.05, 0) is 6.42 Å². The second-order valence-corrected chi connectivity index (χ2v) is 5.89. The van der Waals surface area contributed by atoms with Crippen molar-refractivity contribution in [2.24, 2.45) is 0 Å². The van der Waals surface area contributed by atoms with Gasteiger partial charge >= 0.3 is 121 Å². The largest absolute Gasteiger partial charge is 1.00 e. The van der Waals surface area contributed by atoms with Crippen LogP contribution in [-0.4, -0.2) is 43.0 Å². The van der Waals surface area contributed by atoms with E-state index in [4.69, 9.17) is 5.37 Å². The van der Waals surface area contributed by atoms with Crippen LogP contribution in [0.3, 0.4) is 0 Å². The van der Waals surface area contributed by atoms with Crippen molar-refractivity contribution >= 4 is 43.0 Å². The third kappa shape index (κ3) is 23.4. The number of carboxylic acids is 1. The van der Waals surface area contributed by atoms with Crippen molar-refractivity contribution in [2.75, 3.05) is 0 Å². The summed E-state index contributed by atoms with van der Waals surface area (Å²) in [6.07, 6.45) is 3.22. The van der Waals surface area contributed by atoms with Crippen LogP contribution in [0.1, 0.15) is 59.3 Å². The zero-order valence-electron chi connectivity index (χ0n) is 12.7. The van der Waals surface area contributed by atoms with E-state index in [0.29, 0.717) is 19.3 Å². The maximum Gasteiger partial charge on any atom is 1.00 e. The van der Waals surface area contributed by atoms with Crippen LogP contribution in [-0.2, 0) is 19.8 Å². The maximum absolute atomic E-state index is 10.8. The number of carboxylic acid groups (broad SMARTS) is 1. The zero-order valence-corrected chi connectivity index (χ0v) is 18.6. The van der Waals surface area contributed by atoms with Gasteiger partial charge < -0.3 is 9.90 Å². The molecule has 0 N–H and O–H groups in total. The molecule has 0 aliphatic carbocycles. The smallest absolute Gasteiger partial charge is 1.00 e. The van der Waals surface area contributed by atoms with E-state index in [1.165, 1.54) is 0 Å². The van der Waals surface area contributed by atoms with Crippen molar-refractivity contribution in [3.05, 3.63) is 0 Å². The summed E-state index contributed by atoms with van der Waals surface area (Å²) in [7, 11) is 0. The van der Waals surface area contributed by atoms with Gasteiger partial charge in [0.25, 0.3) is 0 Å². The normalized spacial score (nSPS) is 8.55. The molecule has 0 aromatic carbocycles. The Morgan fingerprint density at radius 3 is 1.40 bits per heavy atom. The third-order valence-corrected chi connectivity index (χ3v) is 4.09. The van der Waals surface area contributed by atoms with Gasteiger partial charge in [-0.25, -0.2) is 0 Å². The quantitative estimate of drug-likeness (QED) is 0.356. The summed E-state index contributed by atoms with van der Waals surface area (Å²) in [5, 5.41) is 9.49. The third-order valence-electron chi connectivity index (χ3n) is 1.67. The molecule has 6 nitrogen and oxygen atoms in total. The van der Waals surface area contributed by atoms with Gasteiger partial charge in [-0.3, -0.25) is 0 Å². The molecule has 0 saturated carbocycles. The van der Waals surface area contributed by atoms with E-state index < -0.39 is 31.1 Å². The molecule has 0 heterocycles. The molecule has 0 bridgehead atoms. The molecular weight excluding hydrogens is 470 g/mol. The van der Waals surface area contributed by atoms with Crippen LogP contribution in [0.15, 0.2) is 0 Å². The van der Waals surface area contributed by atoms with Crippen molar-refractivity contribution in [2.45, 2.75) is 59.3 Å². The van der Waals surface area contributed by atoms with E-state index in [-0.39, 0.29) is 47.9 Å². The maximum atomic E-state index is 10.8. The second-order valence-electron chi connectivity index (χ2n) is 3.65. The molecule has 0 spiro atoms. The van der Waals surface area contributed by atoms with Gasteiger partial charge in [0.1, 0.15) is 0 Å². The summed E-state index contributed by atoms with van der Waals surface area (Å²) in [5.74, 6) is -1.44. The topological polar surface area (TPSA) is 92.7 Å². The summed E-state index contributed by atoms with van der Waals surface area (Å²) in [5.41, 5.74) is 0. The molecule has 0 amide bonds. The van der Waals surface area contributed by atoms with Gasteiger partial charge in [0.2, 0.25) is 0 Å². The van der Waals surface area contributed by atoms with Crippen LogP contribution < -0.4 is 34.7 Å². The average Bonchev–Trinajstić information content (AvgIpc) is 2.30. The monoisotopic (exact) mass is 492 g/mol. The summed E-state index contributed by atoms with van der Waals surface area (Å²) >= 11 is -1.89. The van der Waals surface area contributed by atoms with Crippen molar-refractivity contribution in [1.82, 2.24) is 0 Å². The minimum atomic E-state index is -1.89. The fourth-order valence-electron chi connectivity index (χ4n) is 0.828. The standard InChI is InChI=1S/3C4H8O2.Na.Pb/c3*1-2-3-4(5)6;;/h3*2-3H2,1H3,(H,5,6);;/q;;;+1;+2/p-3. The van der Waals surface area contributed by atoms with Crippen LogP contribution in [0.25, 0.3) is 0 Å². The molecular formula is C12H21NaO6Pb. The first-order chi connectivity index (χ1) is 8.97. The molecule has 8 heteroatoms. The molecule has 20 heavy (non-hydrogen) atoms. The van der Waals surface area contributed by atoms with Crippen LogP contribution in [0, 0.1) is 0 Å². The average molecular weight is 491 g/mol. The van der Waals surface area contributed by atoms with Gasteiger partial charge in [-0.15, -0.1) is 0 Å². The molecule has 2 radical (unpaired) electrons. The van der Waals surface area contributed by atoms with Gasteiger partial charge in [0, 0.05) is 5.97 Å². The molecule has 0 aromatic rings. The van der Waals surface area contributed by atoms with Crippen LogP contribution >= 0.6 is 0 Å². The van der Waals surface area contributed by atoms with Crippen molar-refractivity contribution in [3.63, 3.8) is 0 Å². The molecule has 0 aliphatic heterocycles. The molecule has 0 saturated heterocycles. The van der Waals surface area contributed by atoms with E-state index >= 15 is 0 Å². The van der Waals surface area contributed by atoms with E-state index in [9.17, 15) is 19.5 Å². The molecule has 110 valence electrons. The van der Waals surface area contributed by atoms with E-state index in [1.54, 1.807) is 6.92 Å². The molecule has 0 unspecified atom stereocenters. The van der Waals surface area contributed by atoms with Gasteiger partial charge in [0.05, 0.1) is 0 Å². The van der Waals surface area contributed by atoms with Gasteiger partial charge in [-0.1, -0.05) is 13.3 Å². The summed E-state index contributed by atoms with van der Waals surface area (Å²) in [4.78, 5) is 31.1. The SMILES string of the molecule is CCCC(=O)[O-].CCCC(=O)[O][Pb][O]C(=O)CCC.[Na+]. The molecule has 0 rings (SSSR count). The summed E-state index contributed by atoms with van der Waals surface area (Å²) in [6.45, 7) is 5.60. The number of aliphatic carboxylic acids is 1. The minimum Gasteiger partial charge on any atom is 1.00 e. The van der Waals surface area contributed by atoms with Crippen LogP contribution in [0.2, 0.25) is 0 Å². The van der Waals surface area contributed by atoms with Crippen molar-refractivity contribution in [1.29, 1.82) is 0 Å². The number of hydrogen-bond donors (Lipinski definition) is 0. The second kappa shape index (κ2) is 19.3. The van der Waals surface area contributed by atoms with Crippen LogP contribution in [0.5, 0.6) is 0 Å². The Labute approximate surface area is 155 Å². The van der Waals surface area contributed by atoms with E-state index in [2.05, 4.69) is 0 Å². The molecule has 0 aromatic heterocycles. The predicted molar refractivity (Wildman–Crippen MR) is 67.7 cm³/mol. The van der Waals surface area contributed by atoms with Gasteiger partial charge in [-0.2, -0.15) is 0 Å². The van der Waals surface area contributed by atoms with Crippen LogP contribution in [0.4, 0.5) is 0 Å². The summed E-state index contributed by atoms with van der Waals surface area (Å²) < 4.78 is 9.62. The predicted octanol–water partition coefficient (Wildman–Crippen LogP) is -2.25. The molecule has 0 fully saturated rings. The first-order valence-corrected chi connectivity index (χ1v) is 9.49. The number of hydrogen-bond acceptors (Lipinski definition) is 6. The fraction of sp³-hybridized carbons (Fsp3) is 0.750. The molecule has 0 atom stereocenters. The Kier molecular flexibility index (Phi) is 24.5. The van der Waals surface area contributed by atoms with E-state index in [0.717, 1.165) is 12.8 Å². The zero-order chi connectivity index (χ0) is 15.1. The van der Waals surface area contributed by atoms with Gasteiger partial charge in [0.15, 0.2) is 0 Å². The number of rotatable bonds is 8. The van der Waals surface area contributed by atoms with E-state index in [1.807, 2.05) is 13.8 Å². The number of carbonyl (C=O) groups excluding carboxylic acids is 3. The van der Waals surface area contributed by atoms with Crippen molar-refractivity contribution < 1.29 is 54.4 Å². The Hall–Kier alpha value is 0.332. The molecule has 0 aliphatic rings. The summed E-state index contributed by atoms with van der Waals surface area (Å²) in [6, 6.07) is 0. The number of carbonyl (C=O) groups is 3. The first kappa shape index (κ1) is 25.3. The fourth-order valence-corrected chi connectivity index (χ4v) is 2.51. The Morgan fingerprint density at radius 2 is 1.20 bits per heavy atom. The Morgan fingerprint density at radius 1 is 0.850 bits per heavy atom.